The smallest absolute Gasteiger partial charge is 0.00272 e. The lowest BCUT2D eigenvalue weighted by atomic mass is 10.0. The van der Waals surface area contributed by atoms with Crippen molar-refractivity contribution < 1.29 is 0 Å². The van der Waals surface area contributed by atoms with E-state index < -0.39 is 0 Å². The minimum absolute atomic E-state index is 0.569. The largest absolute Gasteiger partial charge is 0.176 e. The fraction of sp³-hybridized carbons (Fsp3) is 1.00. The molecular weight excluding hydrogens is 268 g/mol. The van der Waals surface area contributed by atoms with Crippen molar-refractivity contribution in [3.05, 3.63) is 0 Å². The first-order valence-corrected chi connectivity index (χ1v) is 9.60. The van der Waals surface area contributed by atoms with Crippen LogP contribution in [0.15, 0.2) is 0 Å². The molecule has 2 atom stereocenters. The molecule has 0 bridgehead atoms. The Labute approximate surface area is 133 Å². The molecule has 0 amide bonds. The first-order valence-electron chi connectivity index (χ1n) is 8.56. The molecule has 2 heteroatoms. The molecule has 0 rings (SSSR count). The van der Waals surface area contributed by atoms with Crippen LogP contribution in [0.5, 0.6) is 0 Å². The van der Waals surface area contributed by atoms with Gasteiger partial charge in [0.15, 0.2) is 0 Å². The highest BCUT2D eigenvalue weighted by molar-refractivity contribution is 7.81. The first kappa shape index (κ1) is 19.7. The summed E-state index contributed by atoms with van der Waals surface area (Å²) in [6.07, 6.45) is 17.5. The van der Waals surface area contributed by atoms with Crippen molar-refractivity contribution in [3.63, 3.8) is 0 Å². The fourth-order valence-corrected chi connectivity index (χ4v) is 3.56. The van der Waals surface area contributed by atoms with Gasteiger partial charge in [0.1, 0.15) is 0 Å². The molecule has 0 nitrogen and oxygen atoms in total. The van der Waals surface area contributed by atoms with Gasteiger partial charge in [-0.1, -0.05) is 78.1 Å². The van der Waals surface area contributed by atoms with Gasteiger partial charge in [0.25, 0.3) is 0 Å². The molecule has 2 unspecified atom stereocenters. The normalized spacial score (nSPS) is 14.5. The molecule has 0 aliphatic carbocycles. The highest BCUT2D eigenvalue weighted by Crippen LogP contribution is 2.21. The Morgan fingerprint density at radius 3 is 1.32 bits per heavy atom. The number of unbranched alkanes of at least 4 members (excludes halogenated alkanes) is 8. The molecular formula is C17H36S2. The van der Waals surface area contributed by atoms with Gasteiger partial charge >= 0.3 is 0 Å². The van der Waals surface area contributed by atoms with Crippen molar-refractivity contribution in [2.75, 3.05) is 0 Å². The molecule has 0 aliphatic rings. The molecule has 0 saturated carbocycles. The van der Waals surface area contributed by atoms with Gasteiger partial charge in [-0.2, -0.15) is 25.3 Å². The second kappa shape index (κ2) is 15.1. The standard InChI is InChI=1S/C17H36S2/c1-3-5-7-9-11-13-16(18)15-17(19)14-12-10-8-6-4-2/h16-19H,3-15H2,1-2H3. The molecule has 19 heavy (non-hydrogen) atoms. The van der Waals surface area contributed by atoms with Crippen LogP contribution >= 0.6 is 25.3 Å². The van der Waals surface area contributed by atoms with Crippen LogP contribution in [0.25, 0.3) is 0 Å². The lowest BCUT2D eigenvalue weighted by Gasteiger charge is -2.16. The number of hydrogen-bond donors (Lipinski definition) is 2. The third-order valence-corrected chi connectivity index (χ3v) is 4.76. The minimum atomic E-state index is 0.569. The summed E-state index contributed by atoms with van der Waals surface area (Å²) in [4.78, 5) is 0. The molecule has 0 aromatic rings. The van der Waals surface area contributed by atoms with Crippen LogP contribution in [0.4, 0.5) is 0 Å². The minimum Gasteiger partial charge on any atom is -0.176 e. The van der Waals surface area contributed by atoms with Crippen LogP contribution in [0.2, 0.25) is 0 Å². The van der Waals surface area contributed by atoms with E-state index in [1.807, 2.05) is 0 Å². The van der Waals surface area contributed by atoms with Crippen molar-refractivity contribution in [1.29, 1.82) is 0 Å². The van der Waals surface area contributed by atoms with E-state index in [4.69, 9.17) is 25.3 Å². The Hall–Kier alpha value is 0.700. The summed E-state index contributed by atoms with van der Waals surface area (Å²) in [5, 5.41) is 1.14. The molecule has 0 aromatic carbocycles. The average Bonchev–Trinajstić information content (AvgIpc) is 2.38. The number of hydrogen-bond acceptors (Lipinski definition) is 2. The highest BCUT2D eigenvalue weighted by Gasteiger charge is 2.09. The van der Waals surface area contributed by atoms with Gasteiger partial charge in [-0.3, -0.25) is 0 Å². The molecule has 0 N–H and O–H groups in total. The Bertz CT molecular complexity index is 153. The molecule has 0 fully saturated rings. The summed E-state index contributed by atoms with van der Waals surface area (Å²) < 4.78 is 0. The first-order chi connectivity index (χ1) is 9.20. The van der Waals surface area contributed by atoms with Crippen molar-refractivity contribution in [1.82, 2.24) is 0 Å². The van der Waals surface area contributed by atoms with Gasteiger partial charge in [0.2, 0.25) is 0 Å². The quantitative estimate of drug-likeness (QED) is 0.259. The molecule has 0 aliphatic heterocycles. The summed E-state index contributed by atoms with van der Waals surface area (Å²) >= 11 is 9.45. The van der Waals surface area contributed by atoms with E-state index in [0.29, 0.717) is 10.5 Å². The SMILES string of the molecule is CCCCCCCC(S)CC(S)CCCCCCC. The molecule has 0 saturated heterocycles. The Morgan fingerprint density at radius 2 is 0.947 bits per heavy atom. The van der Waals surface area contributed by atoms with E-state index in [1.165, 1.54) is 83.5 Å². The Balaban J connectivity index is 3.34. The third kappa shape index (κ3) is 14.9. The second-order valence-electron chi connectivity index (χ2n) is 5.95. The van der Waals surface area contributed by atoms with Crippen molar-refractivity contribution in [3.8, 4) is 0 Å². The third-order valence-electron chi connectivity index (χ3n) is 3.83. The van der Waals surface area contributed by atoms with Crippen LogP contribution in [-0.2, 0) is 0 Å². The van der Waals surface area contributed by atoms with Crippen LogP contribution in [0.3, 0.4) is 0 Å². The summed E-state index contributed by atoms with van der Waals surface area (Å²) in [7, 11) is 0. The number of thiol groups is 2. The van der Waals surface area contributed by atoms with Crippen LogP contribution in [0.1, 0.15) is 97.3 Å². The molecule has 116 valence electrons. The molecule has 0 spiro atoms. The van der Waals surface area contributed by atoms with Crippen molar-refractivity contribution in [2.24, 2.45) is 0 Å². The lowest BCUT2D eigenvalue weighted by molar-refractivity contribution is 0.551. The molecule has 0 aromatic heterocycles. The predicted octanol–water partition coefficient (Wildman–Crippen LogP) is 6.69. The monoisotopic (exact) mass is 304 g/mol. The van der Waals surface area contributed by atoms with Gasteiger partial charge in [-0.05, 0) is 19.3 Å². The van der Waals surface area contributed by atoms with Crippen LogP contribution in [0, 0.1) is 0 Å². The summed E-state index contributed by atoms with van der Waals surface area (Å²) in [6.45, 7) is 4.54. The van der Waals surface area contributed by atoms with Gasteiger partial charge in [-0.15, -0.1) is 0 Å². The Morgan fingerprint density at radius 1 is 0.579 bits per heavy atom. The highest BCUT2D eigenvalue weighted by atomic mass is 32.1. The molecule has 0 heterocycles. The maximum Gasteiger partial charge on any atom is 0.00272 e. The fourth-order valence-electron chi connectivity index (χ4n) is 2.52. The van der Waals surface area contributed by atoms with E-state index >= 15 is 0 Å². The van der Waals surface area contributed by atoms with Gasteiger partial charge < -0.3 is 0 Å². The summed E-state index contributed by atoms with van der Waals surface area (Å²) in [5.41, 5.74) is 0. The molecule has 0 radical (unpaired) electrons. The zero-order valence-electron chi connectivity index (χ0n) is 13.2. The van der Waals surface area contributed by atoms with Crippen molar-refractivity contribution >= 4 is 25.3 Å². The second-order valence-corrected chi connectivity index (χ2v) is 7.41. The zero-order valence-corrected chi connectivity index (χ0v) is 15.0. The van der Waals surface area contributed by atoms with E-state index in [2.05, 4.69) is 13.8 Å². The van der Waals surface area contributed by atoms with Crippen LogP contribution in [-0.4, -0.2) is 10.5 Å². The van der Waals surface area contributed by atoms with Gasteiger partial charge in [0, 0.05) is 10.5 Å². The summed E-state index contributed by atoms with van der Waals surface area (Å²) in [5.74, 6) is 0. The maximum atomic E-state index is 4.72. The lowest BCUT2D eigenvalue weighted by Crippen LogP contribution is -2.09. The Kier molecular flexibility index (Phi) is 15.7. The summed E-state index contributed by atoms with van der Waals surface area (Å²) in [6, 6.07) is 0. The van der Waals surface area contributed by atoms with Crippen LogP contribution < -0.4 is 0 Å². The van der Waals surface area contributed by atoms with Crippen molar-refractivity contribution in [2.45, 2.75) is 108 Å². The maximum absolute atomic E-state index is 4.72. The number of rotatable bonds is 14. The van der Waals surface area contributed by atoms with E-state index in [1.54, 1.807) is 0 Å². The van der Waals surface area contributed by atoms with E-state index in [9.17, 15) is 0 Å². The van der Waals surface area contributed by atoms with E-state index in [0.717, 1.165) is 0 Å². The topological polar surface area (TPSA) is 0 Å². The van der Waals surface area contributed by atoms with E-state index in [-0.39, 0.29) is 0 Å². The zero-order chi connectivity index (χ0) is 14.3. The predicted molar refractivity (Wildman–Crippen MR) is 96.9 cm³/mol. The van der Waals surface area contributed by atoms with Gasteiger partial charge in [0.05, 0.1) is 0 Å². The van der Waals surface area contributed by atoms with Gasteiger partial charge in [-0.25, -0.2) is 0 Å². The average molecular weight is 305 g/mol.